The van der Waals surface area contributed by atoms with Crippen LogP contribution in [-0.2, 0) is 4.79 Å². The molecule has 1 unspecified atom stereocenters. The molecule has 27 heavy (non-hydrogen) atoms. The van der Waals surface area contributed by atoms with Crippen LogP contribution in [0.1, 0.15) is 33.8 Å². The normalized spacial score (nSPS) is 16.6. The van der Waals surface area contributed by atoms with Gasteiger partial charge in [0.25, 0.3) is 5.91 Å². The fourth-order valence-electron chi connectivity index (χ4n) is 3.25. The number of carbonyl (C=O) groups excluding carboxylic acids is 2. The van der Waals surface area contributed by atoms with E-state index in [1.165, 1.54) is 18.2 Å². The van der Waals surface area contributed by atoms with E-state index in [-0.39, 0.29) is 17.2 Å². The highest BCUT2D eigenvalue weighted by atomic mass is 32.2. The molecule has 0 aromatic heterocycles. The first kappa shape index (κ1) is 19.4. The van der Waals surface area contributed by atoms with Crippen LogP contribution in [0.5, 0.6) is 0 Å². The van der Waals surface area contributed by atoms with Crippen molar-refractivity contribution in [1.82, 2.24) is 9.80 Å². The molecule has 1 heterocycles. The van der Waals surface area contributed by atoms with Crippen LogP contribution in [0.2, 0.25) is 0 Å². The second-order valence-electron chi connectivity index (χ2n) is 6.50. The average molecular weight is 386 g/mol. The lowest BCUT2D eigenvalue weighted by atomic mass is 10.1. The molecule has 1 atom stereocenters. The number of rotatable bonds is 6. The van der Waals surface area contributed by atoms with Gasteiger partial charge in [-0.25, -0.2) is 4.39 Å². The van der Waals surface area contributed by atoms with Crippen LogP contribution in [0, 0.1) is 12.7 Å². The van der Waals surface area contributed by atoms with Gasteiger partial charge in [0.05, 0.1) is 5.75 Å². The zero-order valence-corrected chi connectivity index (χ0v) is 16.3. The van der Waals surface area contributed by atoms with E-state index in [1.54, 1.807) is 22.7 Å². The van der Waals surface area contributed by atoms with Gasteiger partial charge >= 0.3 is 0 Å². The maximum absolute atomic E-state index is 13.4. The van der Waals surface area contributed by atoms with Crippen LogP contribution >= 0.6 is 11.8 Å². The van der Waals surface area contributed by atoms with E-state index in [2.05, 4.69) is 0 Å². The zero-order valence-electron chi connectivity index (χ0n) is 15.5. The minimum atomic E-state index is -0.428. The molecule has 0 radical (unpaired) electrons. The average Bonchev–Trinajstić information content (AvgIpc) is 3.03. The molecule has 0 bridgehead atoms. The highest BCUT2D eigenvalue weighted by molar-refractivity contribution is 8.00. The lowest BCUT2D eigenvalue weighted by Gasteiger charge is -2.29. The smallest absolute Gasteiger partial charge is 0.254 e. The topological polar surface area (TPSA) is 40.6 Å². The summed E-state index contributed by atoms with van der Waals surface area (Å²) in [5, 5.41) is -0.0262. The molecule has 6 heteroatoms. The monoisotopic (exact) mass is 386 g/mol. The molecule has 0 spiro atoms. The van der Waals surface area contributed by atoms with Gasteiger partial charge in [0.1, 0.15) is 11.2 Å². The Kier molecular flexibility index (Phi) is 6.16. The number of amides is 2. The van der Waals surface area contributed by atoms with Crippen molar-refractivity contribution < 1.29 is 14.0 Å². The van der Waals surface area contributed by atoms with Crippen LogP contribution in [0.3, 0.4) is 0 Å². The Labute approximate surface area is 163 Å². The van der Waals surface area contributed by atoms with Gasteiger partial charge in [0, 0.05) is 25.2 Å². The third-order valence-corrected chi connectivity index (χ3v) is 6.01. The van der Waals surface area contributed by atoms with Gasteiger partial charge < -0.3 is 9.80 Å². The summed E-state index contributed by atoms with van der Waals surface area (Å²) >= 11 is 1.62. The fourth-order valence-corrected chi connectivity index (χ4v) is 4.57. The van der Waals surface area contributed by atoms with E-state index in [4.69, 9.17) is 0 Å². The Balaban J connectivity index is 1.72. The van der Waals surface area contributed by atoms with Crippen molar-refractivity contribution in [2.75, 3.05) is 25.4 Å². The van der Waals surface area contributed by atoms with E-state index >= 15 is 0 Å². The molecule has 2 aromatic carbocycles. The molecule has 1 aliphatic rings. The van der Waals surface area contributed by atoms with Gasteiger partial charge in [0.2, 0.25) is 5.91 Å². The minimum absolute atomic E-state index is 0.0262. The summed E-state index contributed by atoms with van der Waals surface area (Å²) in [6.07, 6.45) is 0. The molecular formula is C21H23FN2O2S. The molecule has 0 N–H and O–H groups in total. The molecule has 1 fully saturated rings. The molecule has 2 aromatic rings. The van der Waals surface area contributed by atoms with Gasteiger partial charge in [0.15, 0.2) is 0 Å². The summed E-state index contributed by atoms with van der Waals surface area (Å²) in [4.78, 5) is 28.6. The second-order valence-corrected chi connectivity index (χ2v) is 7.57. The number of thioether (sulfide) groups is 1. The Morgan fingerprint density at radius 2 is 2.04 bits per heavy atom. The number of aryl methyl sites for hydroxylation is 1. The summed E-state index contributed by atoms with van der Waals surface area (Å²) in [5.74, 6) is -0.114. The van der Waals surface area contributed by atoms with Gasteiger partial charge in [-0.05, 0) is 43.2 Å². The number of halogens is 1. The molecule has 0 saturated carbocycles. The summed E-state index contributed by atoms with van der Waals surface area (Å²) < 4.78 is 13.4. The van der Waals surface area contributed by atoms with Crippen molar-refractivity contribution in [3.8, 4) is 0 Å². The van der Waals surface area contributed by atoms with E-state index < -0.39 is 5.82 Å². The SMILES string of the molecule is CCN(CCN1C(=O)CSC1c1ccccc1C)C(=O)c1cccc(F)c1. The van der Waals surface area contributed by atoms with Crippen LogP contribution < -0.4 is 0 Å². The maximum Gasteiger partial charge on any atom is 0.254 e. The lowest BCUT2D eigenvalue weighted by molar-refractivity contribution is -0.128. The van der Waals surface area contributed by atoms with Gasteiger partial charge in [-0.1, -0.05) is 30.3 Å². The number of likely N-dealkylation sites (N-methyl/N-ethyl adjacent to an activating group) is 1. The van der Waals surface area contributed by atoms with Crippen molar-refractivity contribution >= 4 is 23.6 Å². The van der Waals surface area contributed by atoms with Gasteiger partial charge in [-0.2, -0.15) is 0 Å². The minimum Gasteiger partial charge on any atom is -0.337 e. The van der Waals surface area contributed by atoms with E-state index in [0.29, 0.717) is 31.0 Å². The highest BCUT2D eigenvalue weighted by Crippen LogP contribution is 2.39. The standard InChI is InChI=1S/C21H23FN2O2S/c1-3-23(20(26)16-8-6-9-17(22)13-16)11-12-24-19(25)14-27-21(24)18-10-5-4-7-15(18)2/h4-10,13,21H,3,11-12,14H2,1-2H3. The predicted octanol–water partition coefficient (Wildman–Crippen LogP) is 3.87. The molecule has 3 rings (SSSR count). The zero-order chi connectivity index (χ0) is 19.4. The van der Waals surface area contributed by atoms with Crippen molar-refractivity contribution in [3.63, 3.8) is 0 Å². The summed E-state index contributed by atoms with van der Waals surface area (Å²) in [6.45, 7) is 5.30. The first-order valence-corrected chi connectivity index (χ1v) is 10.1. The summed E-state index contributed by atoms with van der Waals surface area (Å²) in [7, 11) is 0. The first-order chi connectivity index (χ1) is 13.0. The van der Waals surface area contributed by atoms with Crippen LogP contribution in [0.15, 0.2) is 48.5 Å². The van der Waals surface area contributed by atoms with Crippen LogP contribution in [0.25, 0.3) is 0 Å². The third-order valence-electron chi connectivity index (χ3n) is 4.77. The molecule has 1 saturated heterocycles. The van der Waals surface area contributed by atoms with Gasteiger partial charge in [-0.15, -0.1) is 11.8 Å². The van der Waals surface area contributed by atoms with Crippen molar-refractivity contribution in [1.29, 1.82) is 0 Å². The Morgan fingerprint density at radius 3 is 2.74 bits per heavy atom. The number of hydrogen-bond donors (Lipinski definition) is 0. The second kappa shape index (κ2) is 8.57. The quantitative estimate of drug-likeness (QED) is 0.757. The Hall–Kier alpha value is -2.34. The maximum atomic E-state index is 13.4. The Bertz CT molecular complexity index is 842. The number of carbonyl (C=O) groups is 2. The molecule has 2 amide bonds. The molecule has 4 nitrogen and oxygen atoms in total. The summed E-state index contributed by atoms with van der Waals surface area (Å²) in [5.41, 5.74) is 2.61. The molecule has 0 aliphatic carbocycles. The highest BCUT2D eigenvalue weighted by Gasteiger charge is 2.33. The van der Waals surface area contributed by atoms with E-state index in [1.807, 2.05) is 43.0 Å². The van der Waals surface area contributed by atoms with Crippen molar-refractivity contribution in [2.24, 2.45) is 0 Å². The van der Waals surface area contributed by atoms with Crippen molar-refractivity contribution in [3.05, 3.63) is 71.0 Å². The van der Waals surface area contributed by atoms with Crippen LogP contribution in [-0.4, -0.2) is 47.0 Å². The fraction of sp³-hybridized carbons (Fsp3) is 0.333. The Morgan fingerprint density at radius 1 is 1.26 bits per heavy atom. The number of benzene rings is 2. The number of hydrogen-bond acceptors (Lipinski definition) is 3. The number of nitrogens with zero attached hydrogens (tertiary/aromatic N) is 2. The molecule has 1 aliphatic heterocycles. The van der Waals surface area contributed by atoms with E-state index in [0.717, 1.165) is 11.1 Å². The van der Waals surface area contributed by atoms with Crippen LogP contribution in [0.4, 0.5) is 4.39 Å². The van der Waals surface area contributed by atoms with E-state index in [9.17, 15) is 14.0 Å². The summed E-state index contributed by atoms with van der Waals surface area (Å²) in [6, 6.07) is 13.8. The molecular weight excluding hydrogens is 363 g/mol. The predicted molar refractivity (Wildman–Crippen MR) is 106 cm³/mol. The third kappa shape index (κ3) is 4.33. The molecule has 142 valence electrons. The lowest BCUT2D eigenvalue weighted by Crippen LogP contribution is -2.40. The first-order valence-electron chi connectivity index (χ1n) is 9.02. The van der Waals surface area contributed by atoms with Gasteiger partial charge in [-0.3, -0.25) is 9.59 Å². The largest absolute Gasteiger partial charge is 0.337 e. The van der Waals surface area contributed by atoms with Crippen molar-refractivity contribution in [2.45, 2.75) is 19.2 Å².